The summed E-state index contributed by atoms with van der Waals surface area (Å²) < 4.78 is 40.2. The maximum absolute atomic E-state index is 14.1. The molecule has 4 aromatic rings. The van der Waals surface area contributed by atoms with E-state index in [1.165, 1.54) is 6.92 Å². The van der Waals surface area contributed by atoms with Crippen LogP contribution in [0.5, 0.6) is 5.75 Å². The van der Waals surface area contributed by atoms with E-state index < -0.39 is 66.6 Å². The summed E-state index contributed by atoms with van der Waals surface area (Å²) in [6, 6.07) is 19.5. The third-order valence-corrected chi connectivity index (χ3v) is 6.97. The van der Waals surface area contributed by atoms with Gasteiger partial charge in [-0.15, -0.1) is 0 Å². The van der Waals surface area contributed by atoms with Crippen molar-refractivity contribution in [3.63, 3.8) is 0 Å². The molecular weight excluding hydrogens is 588 g/mol. The topological polar surface area (TPSA) is 154 Å². The first-order valence-corrected chi connectivity index (χ1v) is 14.0. The van der Waals surface area contributed by atoms with Crippen LogP contribution in [-0.4, -0.2) is 61.2 Å². The molecule has 5 atom stereocenters. The van der Waals surface area contributed by atoms with E-state index in [0.29, 0.717) is 11.1 Å². The van der Waals surface area contributed by atoms with Crippen LogP contribution < -0.4 is 10.2 Å². The summed E-state index contributed by atoms with van der Waals surface area (Å²) >= 11 is 0. The van der Waals surface area contributed by atoms with E-state index in [1.807, 2.05) is 30.3 Å². The lowest BCUT2D eigenvalue weighted by molar-refractivity contribution is -0.288. The second-order valence-electron chi connectivity index (χ2n) is 10.3. The van der Waals surface area contributed by atoms with Gasteiger partial charge in [0.05, 0.1) is 5.39 Å². The summed E-state index contributed by atoms with van der Waals surface area (Å²) in [5.41, 5.74) is 0.253. The predicted molar refractivity (Wildman–Crippen MR) is 158 cm³/mol. The van der Waals surface area contributed by atoms with Gasteiger partial charge in [0.15, 0.2) is 18.0 Å². The maximum atomic E-state index is 14.1. The molecule has 1 aliphatic heterocycles. The number of para-hydroxylation sites is 1. The van der Waals surface area contributed by atoms with E-state index in [9.17, 15) is 24.0 Å². The number of rotatable bonds is 8. The van der Waals surface area contributed by atoms with Crippen LogP contribution in [0.4, 0.5) is 0 Å². The Labute approximate surface area is 256 Å². The zero-order valence-electron chi connectivity index (χ0n) is 24.8. The van der Waals surface area contributed by atoms with E-state index in [4.69, 9.17) is 32.8 Å². The molecule has 0 saturated carbocycles. The maximum Gasteiger partial charge on any atom is 0.303 e. The van der Waals surface area contributed by atoms with Crippen LogP contribution in [0, 0.1) is 0 Å². The molecule has 5 rings (SSSR count). The Bertz CT molecular complexity index is 1820. The monoisotopic (exact) mass is 618 g/mol. The number of carbonyl (C=O) groups is 4. The van der Waals surface area contributed by atoms with Gasteiger partial charge < -0.3 is 32.8 Å². The summed E-state index contributed by atoms with van der Waals surface area (Å²) in [6.45, 7) is 4.05. The highest BCUT2D eigenvalue weighted by Crippen LogP contribution is 2.38. The summed E-state index contributed by atoms with van der Waals surface area (Å²) in [5.74, 6) is -3.29. The van der Waals surface area contributed by atoms with Gasteiger partial charge >= 0.3 is 23.9 Å². The first kappa shape index (κ1) is 31.2. The van der Waals surface area contributed by atoms with Crippen molar-refractivity contribution in [2.75, 3.05) is 6.61 Å². The van der Waals surface area contributed by atoms with Crippen molar-refractivity contribution in [3.05, 3.63) is 77.0 Å². The molecule has 0 aliphatic carbocycles. The molecule has 12 nitrogen and oxygen atoms in total. The van der Waals surface area contributed by atoms with Crippen molar-refractivity contribution in [2.24, 2.45) is 0 Å². The van der Waals surface area contributed by atoms with Crippen LogP contribution in [-0.2, 0) is 42.9 Å². The van der Waals surface area contributed by atoms with Crippen molar-refractivity contribution in [1.82, 2.24) is 0 Å². The van der Waals surface area contributed by atoms with Crippen LogP contribution >= 0.6 is 0 Å². The Morgan fingerprint density at radius 3 is 1.98 bits per heavy atom. The summed E-state index contributed by atoms with van der Waals surface area (Å²) in [7, 11) is 0. The van der Waals surface area contributed by atoms with Crippen molar-refractivity contribution in [1.29, 1.82) is 0 Å². The molecule has 1 fully saturated rings. The van der Waals surface area contributed by atoms with Crippen LogP contribution in [0.3, 0.4) is 0 Å². The highest BCUT2D eigenvalue weighted by Gasteiger charge is 2.53. The molecule has 0 spiro atoms. The Hall–Kier alpha value is -5.23. The van der Waals surface area contributed by atoms with Gasteiger partial charge in [0.25, 0.3) is 0 Å². The molecule has 0 unspecified atom stereocenters. The van der Waals surface area contributed by atoms with Gasteiger partial charge in [-0.05, 0) is 22.9 Å². The third-order valence-electron chi connectivity index (χ3n) is 6.97. The number of ether oxygens (including phenoxy) is 6. The smallest absolute Gasteiger partial charge is 0.303 e. The predicted octanol–water partition coefficient (Wildman–Crippen LogP) is 4.08. The Morgan fingerprint density at radius 2 is 1.29 bits per heavy atom. The fourth-order valence-electron chi connectivity index (χ4n) is 5.23. The molecule has 12 heteroatoms. The molecule has 0 bridgehead atoms. The Morgan fingerprint density at radius 1 is 0.689 bits per heavy atom. The first-order valence-electron chi connectivity index (χ1n) is 14.0. The molecule has 1 aromatic heterocycles. The quantitative estimate of drug-likeness (QED) is 0.207. The van der Waals surface area contributed by atoms with Crippen molar-refractivity contribution in [2.45, 2.75) is 58.4 Å². The zero-order chi connectivity index (χ0) is 32.2. The molecule has 1 saturated heterocycles. The normalized spacial score (nSPS) is 21.1. The molecule has 45 heavy (non-hydrogen) atoms. The van der Waals surface area contributed by atoms with E-state index >= 15 is 0 Å². The number of hydrogen-bond donors (Lipinski definition) is 0. The minimum absolute atomic E-state index is 0.0587. The van der Waals surface area contributed by atoms with E-state index in [2.05, 4.69) is 0 Å². The highest BCUT2D eigenvalue weighted by atomic mass is 16.7. The summed E-state index contributed by atoms with van der Waals surface area (Å²) in [4.78, 5) is 62.4. The standard InChI is InChI=1S/C33H30O12/c1-17(34)39-16-26-29(40-18(2)35)31(41-19(3)36)32(42-20(4)37)33(44-26)45-30-27(38)24-13-7-8-15-25(24)43-28(30)23-14-9-11-21-10-5-6-12-22(21)23/h5-15,26,29,31-33H,16H2,1-4H3/t26-,29-,31+,32-,33+/m1/s1. The second kappa shape index (κ2) is 13.2. The fraction of sp³-hybridized carbons (Fsp3) is 0.303. The number of benzene rings is 3. The average Bonchev–Trinajstić information content (AvgIpc) is 2.99. The first-order chi connectivity index (χ1) is 21.5. The van der Waals surface area contributed by atoms with E-state index in [1.54, 1.807) is 36.4 Å². The fourth-order valence-corrected chi connectivity index (χ4v) is 5.23. The van der Waals surface area contributed by atoms with Crippen molar-refractivity contribution in [3.8, 4) is 17.1 Å². The van der Waals surface area contributed by atoms with E-state index in [-0.39, 0.29) is 16.9 Å². The summed E-state index contributed by atoms with van der Waals surface area (Å²) in [5, 5.41) is 1.82. The largest absolute Gasteiger partial charge is 0.463 e. The van der Waals surface area contributed by atoms with Crippen LogP contribution in [0.2, 0.25) is 0 Å². The van der Waals surface area contributed by atoms with Crippen molar-refractivity contribution < 1.29 is 52.0 Å². The van der Waals surface area contributed by atoms with Gasteiger partial charge in [-0.25, -0.2) is 0 Å². The summed E-state index contributed by atoms with van der Waals surface area (Å²) in [6.07, 6.45) is -7.32. The minimum Gasteiger partial charge on any atom is -0.463 e. The van der Waals surface area contributed by atoms with E-state index in [0.717, 1.165) is 31.5 Å². The van der Waals surface area contributed by atoms with Crippen molar-refractivity contribution >= 4 is 45.6 Å². The number of hydrogen-bond acceptors (Lipinski definition) is 12. The number of carbonyl (C=O) groups excluding carboxylic acids is 4. The molecule has 2 heterocycles. The molecule has 0 N–H and O–H groups in total. The Balaban J connectivity index is 1.69. The van der Waals surface area contributed by atoms with Gasteiger partial charge in [-0.3, -0.25) is 24.0 Å². The average molecular weight is 619 g/mol. The molecule has 234 valence electrons. The lowest BCUT2D eigenvalue weighted by Crippen LogP contribution is -2.63. The molecular formula is C33H30O12. The third kappa shape index (κ3) is 6.80. The lowest BCUT2D eigenvalue weighted by Gasteiger charge is -2.43. The molecule has 0 radical (unpaired) electrons. The highest BCUT2D eigenvalue weighted by molar-refractivity contribution is 5.97. The lowest BCUT2D eigenvalue weighted by atomic mass is 9.98. The number of fused-ring (bicyclic) bond motifs is 2. The SMILES string of the molecule is CC(=O)OC[C@H]1O[C@@H](Oc2c(-c3cccc4ccccc34)oc3ccccc3c2=O)[C@H](OC(C)=O)[C@@H](OC(C)=O)[C@@H]1OC(C)=O. The van der Waals surface area contributed by atoms with Crippen LogP contribution in [0.1, 0.15) is 27.7 Å². The molecule has 0 amide bonds. The van der Waals surface area contributed by atoms with Crippen LogP contribution in [0.25, 0.3) is 33.1 Å². The van der Waals surface area contributed by atoms with Gasteiger partial charge in [-0.1, -0.05) is 54.6 Å². The second-order valence-corrected chi connectivity index (χ2v) is 10.3. The van der Waals surface area contributed by atoms with Gasteiger partial charge in [0, 0.05) is 33.3 Å². The van der Waals surface area contributed by atoms with Crippen LogP contribution in [0.15, 0.2) is 75.9 Å². The Kier molecular flexibility index (Phi) is 9.14. The zero-order valence-corrected chi connectivity index (χ0v) is 24.8. The van der Waals surface area contributed by atoms with Gasteiger partial charge in [0.1, 0.15) is 18.3 Å². The molecule has 1 aliphatic rings. The molecule has 3 aromatic carbocycles. The van der Waals surface area contributed by atoms with Gasteiger partial charge in [0.2, 0.25) is 23.6 Å². The van der Waals surface area contributed by atoms with Gasteiger partial charge in [-0.2, -0.15) is 0 Å². The number of esters is 4. The minimum atomic E-state index is -1.64.